The molecule has 0 aliphatic rings. The van der Waals surface area contributed by atoms with Crippen LogP contribution in [-0.2, 0) is 0 Å². The first-order valence-corrected chi connectivity index (χ1v) is 4.44. The fraction of sp³-hybridized carbons (Fsp3) is 0.889. The van der Waals surface area contributed by atoms with Crippen molar-refractivity contribution in [3.8, 4) is 0 Å². The molecule has 0 aliphatic carbocycles. The molecule has 2 heteroatoms. The van der Waals surface area contributed by atoms with Gasteiger partial charge in [0.05, 0.1) is 0 Å². The molecule has 11 heavy (non-hydrogen) atoms. The van der Waals surface area contributed by atoms with Gasteiger partial charge in [0.15, 0.2) is 0 Å². The fourth-order valence-corrected chi connectivity index (χ4v) is 0.958. The van der Waals surface area contributed by atoms with Gasteiger partial charge in [0.1, 0.15) is 0 Å². The van der Waals surface area contributed by atoms with Crippen molar-refractivity contribution >= 4 is 0 Å². The molecule has 0 atom stereocenters. The van der Waals surface area contributed by atoms with E-state index in [4.69, 9.17) is 5.73 Å². The number of nitrogens with zero attached hydrogens (tertiary/aromatic N) is 1. The molecule has 0 saturated heterocycles. The van der Waals surface area contributed by atoms with Crippen LogP contribution < -0.4 is 5.73 Å². The molecule has 0 heterocycles. The number of hydrogen-bond acceptors (Lipinski definition) is 2. The van der Waals surface area contributed by atoms with E-state index in [0.29, 0.717) is 0 Å². The molecular formula is C9H21N2. The maximum atomic E-state index is 5.36. The van der Waals surface area contributed by atoms with Crippen molar-refractivity contribution in [1.82, 2.24) is 4.90 Å². The van der Waals surface area contributed by atoms with Gasteiger partial charge in [-0.2, -0.15) is 0 Å². The summed E-state index contributed by atoms with van der Waals surface area (Å²) in [6.45, 7) is 2.02. The van der Waals surface area contributed by atoms with Gasteiger partial charge in [0.2, 0.25) is 0 Å². The zero-order valence-electron chi connectivity index (χ0n) is 7.84. The molecular weight excluding hydrogens is 136 g/mol. The van der Waals surface area contributed by atoms with Gasteiger partial charge in [-0.25, -0.2) is 0 Å². The molecule has 0 aromatic rings. The quantitative estimate of drug-likeness (QED) is 0.564. The molecule has 1 radical (unpaired) electrons. The Bertz CT molecular complexity index is 72.0. The third-order valence-corrected chi connectivity index (χ3v) is 1.63. The Balaban J connectivity index is 2.80. The summed E-state index contributed by atoms with van der Waals surface area (Å²) in [6, 6.07) is 0. The Morgan fingerprint density at radius 3 is 2.36 bits per heavy atom. The van der Waals surface area contributed by atoms with E-state index in [-0.39, 0.29) is 0 Å². The summed E-state index contributed by atoms with van der Waals surface area (Å²) in [5.41, 5.74) is 5.36. The number of rotatable bonds is 7. The second kappa shape index (κ2) is 8.02. The lowest BCUT2D eigenvalue weighted by atomic mass is 10.1. The standard InChI is InChI=1S/C9H21N2/c1-11(2)9-7-5-3-4-6-8-10/h3H,4-10H2,1-2H3. The Labute approximate surface area is 70.8 Å². The van der Waals surface area contributed by atoms with Crippen molar-refractivity contribution in [3.63, 3.8) is 0 Å². The van der Waals surface area contributed by atoms with Crippen molar-refractivity contribution in [2.24, 2.45) is 5.73 Å². The first kappa shape index (κ1) is 10.9. The summed E-state index contributed by atoms with van der Waals surface area (Å²) >= 11 is 0. The molecule has 0 rings (SSSR count). The fourth-order valence-electron chi connectivity index (χ4n) is 0.958. The largest absolute Gasteiger partial charge is 0.330 e. The summed E-state index contributed by atoms with van der Waals surface area (Å²) in [7, 11) is 4.22. The first-order valence-electron chi connectivity index (χ1n) is 4.44. The molecule has 0 unspecified atom stereocenters. The molecule has 67 valence electrons. The highest BCUT2D eigenvalue weighted by Crippen LogP contribution is 2.00. The molecule has 0 aliphatic heterocycles. The van der Waals surface area contributed by atoms with E-state index in [1.807, 2.05) is 0 Å². The summed E-state index contributed by atoms with van der Waals surface area (Å²) in [5.74, 6) is 0. The van der Waals surface area contributed by atoms with Crippen LogP contribution in [0.3, 0.4) is 0 Å². The highest BCUT2D eigenvalue weighted by Gasteiger charge is 1.91. The Hall–Kier alpha value is -0.0800. The van der Waals surface area contributed by atoms with Gasteiger partial charge >= 0.3 is 0 Å². The molecule has 2 nitrogen and oxygen atoms in total. The van der Waals surface area contributed by atoms with Gasteiger partial charge in [-0.05, 0) is 59.3 Å². The lowest BCUT2D eigenvalue weighted by Gasteiger charge is -2.07. The average molecular weight is 157 g/mol. The molecule has 0 bridgehead atoms. The second-order valence-electron chi connectivity index (χ2n) is 3.17. The minimum atomic E-state index is 0.824. The Morgan fingerprint density at radius 2 is 1.82 bits per heavy atom. The van der Waals surface area contributed by atoms with Gasteiger partial charge in [0, 0.05) is 0 Å². The van der Waals surface area contributed by atoms with E-state index in [9.17, 15) is 0 Å². The molecule has 0 aromatic carbocycles. The normalized spacial score (nSPS) is 10.9. The van der Waals surface area contributed by atoms with E-state index >= 15 is 0 Å². The average Bonchev–Trinajstić information content (AvgIpc) is 1.96. The van der Waals surface area contributed by atoms with Crippen LogP contribution in [0.4, 0.5) is 0 Å². The van der Waals surface area contributed by atoms with Crippen molar-refractivity contribution in [2.75, 3.05) is 27.2 Å². The number of hydrogen-bond donors (Lipinski definition) is 1. The van der Waals surface area contributed by atoms with Crippen LogP contribution in [0.1, 0.15) is 25.7 Å². The monoisotopic (exact) mass is 157 g/mol. The predicted octanol–water partition coefficient (Wildman–Crippen LogP) is 1.27. The molecule has 0 amide bonds. The lowest BCUT2D eigenvalue weighted by Crippen LogP contribution is -2.12. The van der Waals surface area contributed by atoms with Gasteiger partial charge in [0.25, 0.3) is 0 Å². The van der Waals surface area contributed by atoms with Crippen LogP contribution in [0, 0.1) is 6.42 Å². The van der Waals surface area contributed by atoms with Crippen LogP contribution in [0.15, 0.2) is 0 Å². The van der Waals surface area contributed by atoms with Crippen LogP contribution in [0.25, 0.3) is 0 Å². The minimum Gasteiger partial charge on any atom is -0.330 e. The van der Waals surface area contributed by atoms with Gasteiger partial charge < -0.3 is 10.6 Å². The molecule has 0 aromatic heterocycles. The highest BCUT2D eigenvalue weighted by molar-refractivity contribution is 4.65. The molecule has 2 N–H and O–H groups in total. The topological polar surface area (TPSA) is 29.3 Å². The van der Waals surface area contributed by atoms with E-state index in [0.717, 1.165) is 13.0 Å². The SMILES string of the molecule is CN(C)CCC[CH]CCCN. The van der Waals surface area contributed by atoms with E-state index in [2.05, 4.69) is 25.4 Å². The molecule has 0 saturated carbocycles. The Morgan fingerprint density at radius 1 is 1.18 bits per heavy atom. The summed E-state index contributed by atoms with van der Waals surface area (Å²) in [5, 5.41) is 0. The number of unbranched alkanes of at least 4 members (excludes halogenated alkanes) is 4. The van der Waals surface area contributed by atoms with Crippen LogP contribution >= 0.6 is 0 Å². The predicted molar refractivity (Wildman–Crippen MR) is 50.4 cm³/mol. The zero-order chi connectivity index (χ0) is 8.53. The first-order chi connectivity index (χ1) is 5.27. The van der Waals surface area contributed by atoms with Crippen molar-refractivity contribution in [3.05, 3.63) is 6.42 Å². The summed E-state index contributed by atoms with van der Waals surface area (Å²) in [4.78, 5) is 2.22. The highest BCUT2D eigenvalue weighted by atomic mass is 15.0. The summed E-state index contributed by atoms with van der Waals surface area (Å²) < 4.78 is 0. The van der Waals surface area contributed by atoms with E-state index in [1.165, 1.54) is 25.8 Å². The van der Waals surface area contributed by atoms with Crippen LogP contribution in [0.5, 0.6) is 0 Å². The third-order valence-electron chi connectivity index (χ3n) is 1.63. The lowest BCUT2D eigenvalue weighted by molar-refractivity contribution is 0.398. The van der Waals surface area contributed by atoms with Crippen molar-refractivity contribution in [1.29, 1.82) is 0 Å². The van der Waals surface area contributed by atoms with Crippen molar-refractivity contribution in [2.45, 2.75) is 25.7 Å². The van der Waals surface area contributed by atoms with Crippen LogP contribution in [-0.4, -0.2) is 32.1 Å². The molecule has 0 fully saturated rings. The van der Waals surface area contributed by atoms with Crippen molar-refractivity contribution < 1.29 is 0 Å². The van der Waals surface area contributed by atoms with E-state index in [1.54, 1.807) is 0 Å². The van der Waals surface area contributed by atoms with Gasteiger partial charge in [-0.15, -0.1) is 0 Å². The van der Waals surface area contributed by atoms with E-state index < -0.39 is 0 Å². The maximum absolute atomic E-state index is 5.36. The zero-order valence-corrected chi connectivity index (χ0v) is 7.84. The summed E-state index contributed by atoms with van der Waals surface area (Å²) in [6.07, 6.45) is 7.18. The molecule has 0 spiro atoms. The number of nitrogens with two attached hydrogens (primary N) is 1. The Kier molecular flexibility index (Phi) is 7.96. The smallest absolute Gasteiger partial charge is 0.00247 e. The van der Waals surface area contributed by atoms with Gasteiger partial charge in [-0.1, -0.05) is 0 Å². The van der Waals surface area contributed by atoms with Crippen LogP contribution in [0.2, 0.25) is 0 Å². The second-order valence-corrected chi connectivity index (χ2v) is 3.17. The third kappa shape index (κ3) is 9.92. The maximum Gasteiger partial charge on any atom is -0.00247 e. The van der Waals surface area contributed by atoms with Gasteiger partial charge in [-0.3, -0.25) is 0 Å². The minimum absolute atomic E-state index is 0.824.